The number of carbonyl (C=O) groups is 1. The predicted octanol–water partition coefficient (Wildman–Crippen LogP) is 5.08. The molecule has 1 aliphatic rings. The molecule has 28 heavy (non-hydrogen) atoms. The number of para-hydroxylation sites is 1. The molecule has 1 fully saturated rings. The molecule has 0 radical (unpaired) electrons. The number of nitrogens with zero attached hydrogens (tertiary/aromatic N) is 2. The van der Waals surface area contributed by atoms with Gasteiger partial charge in [-0.2, -0.15) is 0 Å². The molecule has 6 heteroatoms. The second kappa shape index (κ2) is 8.52. The number of halogens is 1. The Morgan fingerprint density at radius 3 is 2.71 bits per heavy atom. The summed E-state index contributed by atoms with van der Waals surface area (Å²) in [5.41, 5.74) is 1.79. The molecule has 0 aliphatic carbocycles. The Balaban J connectivity index is 1.47. The number of aromatic nitrogens is 1. The van der Waals surface area contributed by atoms with Crippen LogP contribution in [0, 0.1) is 5.82 Å². The Morgan fingerprint density at radius 1 is 1.14 bits per heavy atom. The van der Waals surface area contributed by atoms with E-state index in [1.807, 2.05) is 40.6 Å². The third-order valence-electron chi connectivity index (χ3n) is 4.88. The Morgan fingerprint density at radius 2 is 1.93 bits per heavy atom. The largest absolute Gasteiger partial charge is 0.484 e. The first-order valence-corrected chi connectivity index (χ1v) is 10.3. The van der Waals surface area contributed by atoms with Crippen LogP contribution in [0.25, 0.3) is 10.6 Å². The zero-order valence-corrected chi connectivity index (χ0v) is 16.2. The van der Waals surface area contributed by atoms with Gasteiger partial charge < -0.3 is 9.64 Å². The summed E-state index contributed by atoms with van der Waals surface area (Å²) in [4.78, 5) is 19.4. The van der Waals surface area contributed by atoms with Crippen molar-refractivity contribution in [3.8, 4) is 16.3 Å². The zero-order chi connectivity index (χ0) is 19.3. The molecule has 0 spiro atoms. The number of likely N-dealkylation sites (tertiary alicyclic amines) is 1. The molecule has 1 saturated heterocycles. The average molecular weight is 396 g/mol. The number of carbonyl (C=O) groups excluding carboxylic acids is 1. The third kappa shape index (κ3) is 4.22. The van der Waals surface area contributed by atoms with Crippen molar-refractivity contribution in [3.05, 3.63) is 71.5 Å². The molecule has 1 aromatic heterocycles. The maximum Gasteiger partial charge on any atom is 0.261 e. The summed E-state index contributed by atoms with van der Waals surface area (Å²) in [5, 5.41) is 2.85. The van der Waals surface area contributed by atoms with Gasteiger partial charge in [-0.05, 0) is 55.7 Å². The van der Waals surface area contributed by atoms with Crippen molar-refractivity contribution in [2.24, 2.45) is 0 Å². The van der Waals surface area contributed by atoms with E-state index in [0.717, 1.165) is 35.5 Å². The van der Waals surface area contributed by atoms with E-state index in [1.165, 1.54) is 23.5 Å². The Bertz CT molecular complexity index is 927. The minimum absolute atomic E-state index is 0.0233. The molecule has 0 N–H and O–H groups in total. The van der Waals surface area contributed by atoms with Gasteiger partial charge in [0, 0.05) is 17.5 Å². The van der Waals surface area contributed by atoms with Crippen LogP contribution >= 0.6 is 11.3 Å². The Hall–Kier alpha value is -2.73. The number of hydrogen-bond acceptors (Lipinski definition) is 4. The highest BCUT2D eigenvalue weighted by Gasteiger charge is 2.30. The second-order valence-corrected chi connectivity index (χ2v) is 7.64. The van der Waals surface area contributed by atoms with Crippen molar-refractivity contribution in [1.29, 1.82) is 0 Å². The summed E-state index contributed by atoms with van der Waals surface area (Å²) in [7, 11) is 0. The molecule has 0 unspecified atom stereocenters. The van der Waals surface area contributed by atoms with Crippen LogP contribution in [-0.4, -0.2) is 28.9 Å². The van der Waals surface area contributed by atoms with E-state index < -0.39 is 0 Å². The Labute approximate surface area is 167 Å². The number of ether oxygens (including phenoxy) is 1. The highest BCUT2D eigenvalue weighted by molar-refractivity contribution is 7.13. The predicted molar refractivity (Wildman–Crippen MR) is 108 cm³/mol. The monoisotopic (exact) mass is 396 g/mol. The molecule has 2 heterocycles. The molecular formula is C22H21FN2O2S. The lowest BCUT2D eigenvalue weighted by Gasteiger charge is -2.34. The van der Waals surface area contributed by atoms with Crippen LogP contribution in [0.4, 0.5) is 4.39 Å². The first-order chi connectivity index (χ1) is 13.7. The maximum absolute atomic E-state index is 13.2. The van der Waals surface area contributed by atoms with Gasteiger partial charge in [0.15, 0.2) is 6.61 Å². The number of rotatable bonds is 5. The van der Waals surface area contributed by atoms with Crippen LogP contribution in [0.1, 0.15) is 31.0 Å². The van der Waals surface area contributed by atoms with Gasteiger partial charge in [-0.1, -0.05) is 18.2 Å². The van der Waals surface area contributed by atoms with Crippen LogP contribution in [0.15, 0.2) is 60.0 Å². The first kappa shape index (κ1) is 18.6. The fraction of sp³-hybridized carbons (Fsp3) is 0.273. The first-order valence-electron chi connectivity index (χ1n) is 9.39. The van der Waals surface area contributed by atoms with Gasteiger partial charge in [-0.15, -0.1) is 11.3 Å². The van der Waals surface area contributed by atoms with E-state index in [4.69, 9.17) is 9.72 Å². The van der Waals surface area contributed by atoms with Crippen molar-refractivity contribution >= 4 is 17.2 Å². The summed E-state index contributed by atoms with van der Waals surface area (Å²) in [5.74, 6) is 0.407. The molecule has 4 nitrogen and oxygen atoms in total. The van der Waals surface area contributed by atoms with E-state index in [9.17, 15) is 9.18 Å². The molecule has 1 amide bonds. The molecule has 144 valence electrons. The van der Waals surface area contributed by atoms with Gasteiger partial charge in [-0.3, -0.25) is 4.79 Å². The van der Waals surface area contributed by atoms with Crippen molar-refractivity contribution < 1.29 is 13.9 Å². The topological polar surface area (TPSA) is 42.4 Å². The number of thiazole rings is 1. The van der Waals surface area contributed by atoms with Crippen molar-refractivity contribution in [2.45, 2.75) is 25.3 Å². The van der Waals surface area contributed by atoms with E-state index in [-0.39, 0.29) is 24.4 Å². The standard InChI is InChI=1S/C22H21FN2O2S/c23-17-11-9-16(10-12-17)22-24-19(15-28-22)20-8-4-5-13-25(20)21(26)14-27-18-6-2-1-3-7-18/h1-3,6-7,9-12,15,20H,4-5,8,13-14H2/t20-/m1/s1. The fourth-order valence-corrected chi connectivity index (χ4v) is 4.32. The fourth-order valence-electron chi connectivity index (χ4n) is 3.45. The highest BCUT2D eigenvalue weighted by atomic mass is 32.1. The number of piperidine rings is 1. The SMILES string of the molecule is O=C(COc1ccccc1)N1CCCC[C@@H]1c1csc(-c2ccc(F)cc2)n1. The van der Waals surface area contributed by atoms with Gasteiger partial charge in [-0.25, -0.2) is 9.37 Å². The lowest BCUT2D eigenvalue weighted by Crippen LogP contribution is -2.41. The van der Waals surface area contributed by atoms with Gasteiger partial charge in [0.1, 0.15) is 16.6 Å². The lowest BCUT2D eigenvalue weighted by molar-refractivity contribution is -0.137. The van der Waals surface area contributed by atoms with Gasteiger partial charge in [0.05, 0.1) is 11.7 Å². The van der Waals surface area contributed by atoms with E-state index in [1.54, 1.807) is 12.1 Å². The van der Waals surface area contributed by atoms with Crippen LogP contribution in [-0.2, 0) is 4.79 Å². The summed E-state index contributed by atoms with van der Waals surface area (Å²) < 4.78 is 18.8. The number of amides is 1. The van der Waals surface area contributed by atoms with E-state index in [0.29, 0.717) is 12.3 Å². The van der Waals surface area contributed by atoms with E-state index in [2.05, 4.69) is 0 Å². The summed E-state index contributed by atoms with van der Waals surface area (Å²) in [6, 6.07) is 15.7. The van der Waals surface area contributed by atoms with Crippen molar-refractivity contribution in [2.75, 3.05) is 13.2 Å². The molecular weight excluding hydrogens is 375 g/mol. The van der Waals surface area contributed by atoms with Gasteiger partial charge in [0.25, 0.3) is 5.91 Å². The van der Waals surface area contributed by atoms with E-state index >= 15 is 0 Å². The second-order valence-electron chi connectivity index (χ2n) is 6.78. The molecule has 2 aromatic carbocycles. The average Bonchev–Trinajstić information content (AvgIpc) is 3.23. The third-order valence-corrected chi connectivity index (χ3v) is 5.79. The summed E-state index contributed by atoms with van der Waals surface area (Å²) >= 11 is 1.52. The summed E-state index contributed by atoms with van der Waals surface area (Å²) in [6.07, 6.45) is 2.95. The molecule has 0 saturated carbocycles. The summed E-state index contributed by atoms with van der Waals surface area (Å²) in [6.45, 7) is 0.737. The molecule has 1 aliphatic heterocycles. The van der Waals surface area contributed by atoms with Crippen LogP contribution in [0.2, 0.25) is 0 Å². The number of hydrogen-bond donors (Lipinski definition) is 0. The van der Waals surface area contributed by atoms with Crippen LogP contribution < -0.4 is 4.74 Å². The minimum Gasteiger partial charge on any atom is -0.484 e. The van der Waals surface area contributed by atoms with Crippen LogP contribution in [0.3, 0.4) is 0 Å². The van der Waals surface area contributed by atoms with Crippen molar-refractivity contribution in [3.63, 3.8) is 0 Å². The quantitative estimate of drug-likeness (QED) is 0.604. The van der Waals surface area contributed by atoms with Gasteiger partial charge >= 0.3 is 0 Å². The maximum atomic E-state index is 13.2. The van der Waals surface area contributed by atoms with Gasteiger partial charge in [0.2, 0.25) is 0 Å². The zero-order valence-electron chi connectivity index (χ0n) is 15.4. The molecule has 4 rings (SSSR count). The van der Waals surface area contributed by atoms with Crippen molar-refractivity contribution in [1.82, 2.24) is 9.88 Å². The Kier molecular flexibility index (Phi) is 5.67. The van der Waals surface area contributed by atoms with Crippen LogP contribution in [0.5, 0.6) is 5.75 Å². The smallest absolute Gasteiger partial charge is 0.261 e. The minimum atomic E-state index is -0.261. The molecule has 3 aromatic rings. The molecule has 0 bridgehead atoms. The lowest BCUT2D eigenvalue weighted by atomic mass is 10.00. The normalized spacial score (nSPS) is 16.8. The number of benzene rings is 2. The highest BCUT2D eigenvalue weighted by Crippen LogP contribution is 2.34. The molecule has 1 atom stereocenters.